The van der Waals surface area contributed by atoms with E-state index in [9.17, 15) is 34.2 Å². The Morgan fingerprint density at radius 1 is 0.634 bits per heavy atom. The van der Waals surface area contributed by atoms with Crippen LogP contribution in [0.2, 0.25) is 10.0 Å². The number of hydrogen-bond acceptors (Lipinski definition) is 15. The highest BCUT2D eigenvalue weighted by Gasteiger charge is 2.51. The quantitative estimate of drug-likeness (QED) is 0.0577. The zero-order valence-corrected chi connectivity index (χ0v) is 54.9. The number of hydrogen-bond donors (Lipinski definition) is 5. The summed E-state index contributed by atoms with van der Waals surface area (Å²) in [6.45, 7) is 16.8. The molecule has 2 aromatic heterocycles. The van der Waals surface area contributed by atoms with Crippen molar-refractivity contribution in [2.75, 3.05) is 75.2 Å². The summed E-state index contributed by atoms with van der Waals surface area (Å²) in [6.07, 6.45) is -1.53. The molecule has 504 valence electrons. The van der Waals surface area contributed by atoms with Crippen molar-refractivity contribution < 1.29 is 48.4 Å². The first-order valence-electron chi connectivity index (χ1n) is 31.0. The molecular weight excluding hydrogens is 1260 g/mol. The number of halogens is 2. The van der Waals surface area contributed by atoms with Crippen LogP contribution in [0.4, 0.5) is 16.2 Å². The van der Waals surface area contributed by atoms with Crippen molar-refractivity contribution in [3.8, 4) is 0 Å². The van der Waals surface area contributed by atoms with Crippen LogP contribution in [0.3, 0.4) is 0 Å². The second-order valence-corrected chi connectivity index (χ2v) is 27.7. The maximum absolute atomic E-state index is 14.2. The summed E-state index contributed by atoms with van der Waals surface area (Å²) in [6, 6.07) is 35.6. The average molecular weight is 1350 g/mol. The fourth-order valence-corrected chi connectivity index (χ4v) is 14.3. The number of benzene rings is 4. The molecule has 93 heavy (non-hydrogen) atoms. The Hall–Kier alpha value is -6.59. The van der Waals surface area contributed by atoms with E-state index in [0.717, 1.165) is 111 Å². The number of aliphatic hydroxyl groups excluding tert-OH is 2. The van der Waals surface area contributed by atoms with Crippen molar-refractivity contribution in [2.24, 2.45) is 0 Å². The van der Waals surface area contributed by atoms with E-state index in [1.54, 1.807) is 35.0 Å². The van der Waals surface area contributed by atoms with Gasteiger partial charge in [0.1, 0.15) is 5.60 Å². The normalized spacial score (nSPS) is 20.0. The Bertz CT molecular complexity index is 3470. The molecule has 0 bridgehead atoms. The van der Waals surface area contributed by atoms with Gasteiger partial charge in [0.05, 0.1) is 25.2 Å². The van der Waals surface area contributed by atoms with Crippen molar-refractivity contribution in [1.29, 1.82) is 0 Å². The van der Waals surface area contributed by atoms with E-state index in [2.05, 4.69) is 67.5 Å². The van der Waals surface area contributed by atoms with Crippen LogP contribution in [-0.4, -0.2) is 156 Å². The van der Waals surface area contributed by atoms with Gasteiger partial charge < -0.3 is 64.9 Å². The molecule has 0 spiro atoms. The van der Waals surface area contributed by atoms with E-state index in [4.69, 9.17) is 37.4 Å². The lowest BCUT2D eigenvalue weighted by molar-refractivity contribution is -0.163. The lowest BCUT2D eigenvalue weighted by Crippen LogP contribution is -2.50. The van der Waals surface area contributed by atoms with Gasteiger partial charge in [-0.1, -0.05) is 106 Å². The lowest BCUT2D eigenvalue weighted by Gasteiger charge is -2.37. The fourth-order valence-electron chi connectivity index (χ4n) is 12.3. The molecule has 0 radical (unpaired) electrons. The predicted molar refractivity (Wildman–Crippen MR) is 372 cm³/mol. The van der Waals surface area contributed by atoms with E-state index in [-0.39, 0.29) is 58.8 Å². The minimum Gasteiger partial charge on any atom is -0.444 e. The van der Waals surface area contributed by atoms with Crippen molar-refractivity contribution >= 4 is 87.0 Å². The lowest BCUT2D eigenvalue weighted by atomic mass is 10.0. The monoisotopic (exact) mass is 1350 g/mol. The Morgan fingerprint density at radius 2 is 1.13 bits per heavy atom. The zero-order valence-electron chi connectivity index (χ0n) is 51.7. The molecule has 18 nitrogen and oxygen atoms in total. The fraction of sp³-hybridized carbons (Fsp3) is 0.479. The van der Waals surface area contributed by atoms with Crippen LogP contribution in [0, 0.1) is 0 Å². The summed E-state index contributed by atoms with van der Waals surface area (Å²) < 4.78 is 17.7. The number of thiophene rings is 2. The van der Waals surface area contributed by atoms with Gasteiger partial charge in [-0.05, 0) is 166 Å². The Balaban J connectivity index is 0.000000261. The van der Waals surface area contributed by atoms with E-state index >= 15 is 0 Å². The molecule has 22 heteroatoms. The summed E-state index contributed by atoms with van der Waals surface area (Å²) in [5.74, 6) is -3.12. The summed E-state index contributed by atoms with van der Waals surface area (Å²) in [5, 5.41) is 35.8. The number of carbonyl (C=O) groups is 5. The van der Waals surface area contributed by atoms with E-state index in [1.165, 1.54) is 11.3 Å². The second-order valence-electron chi connectivity index (χ2n) is 24.9. The van der Waals surface area contributed by atoms with Crippen LogP contribution in [0.1, 0.15) is 138 Å². The molecule has 5 saturated heterocycles. The van der Waals surface area contributed by atoms with Crippen molar-refractivity contribution in [3.63, 3.8) is 0 Å². The third kappa shape index (κ3) is 19.1. The van der Waals surface area contributed by atoms with Crippen LogP contribution >= 0.6 is 45.9 Å². The van der Waals surface area contributed by atoms with Crippen LogP contribution in [0.15, 0.2) is 120 Å². The first kappa shape index (κ1) is 73.8. The predicted octanol–water partition coefficient (Wildman–Crippen LogP) is 11.6. The van der Waals surface area contributed by atoms with Crippen LogP contribution in [-0.2, 0) is 59.3 Å². The number of amides is 5. The van der Waals surface area contributed by atoms with Gasteiger partial charge in [-0.2, -0.15) is 0 Å². The van der Waals surface area contributed by atoms with Gasteiger partial charge in [0.25, 0.3) is 23.6 Å². The number of aliphatic hydroxyl groups is 2. The number of nitrogens with zero attached hydrogens (tertiary/aromatic N) is 5. The van der Waals surface area contributed by atoms with Gasteiger partial charge in [0, 0.05) is 96.6 Å². The van der Waals surface area contributed by atoms with E-state index in [1.807, 2.05) is 104 Å². The van der Waals surface area contributed by atoms with Gasteiger partial charge >= 0.3 is 6.09 Å². The number of carbonyl (C=O) groups excluding carboxylic acids is 5. The van der Waals surface area contributed by atoms with Gasteiger partial charge in [-0.25, -0.2) is 4.79 Å². The minimum atomic E-state index is -1.86. The summed E-state index contributed by atoms with van der Waals surface area (Å²) in [7, 11) is 0. The molecule has 5 amide bonds. The molecule has 5 aliphatic rings. The van der Waals surface area contributed by atoms with Crippen LogP contribution < -0.4 is 25.8 Å². The standard InChI is InChI=1S/C38H47ClN4O6S.C30H35ClN4O4S.3CH4/c1-37(2,3)49-36(46)42-18-16-41(17-19-42)28-12-8-11-27(22-28)31-14-9-15-43(31)35(45)33-32(47-38(4,5)48-33)34(44)40-23-29-21-25(24-50-29)20-26-10-6-7-13-30(26)39;31-25-8-2-1-5-21(25)15-20-16-24(40-19-20)18-33-29(38)27(36)28(37)30(39)35-12-4-9-26(35)22-6-3-7-23(17-22)34-13-10-32-11-14-34;;;/h6-8,10-13,21-22,24,31-33H,9,14-20,23H2,1-5H3,(H,40,44);1-3,5-8,16-17,19,26-28,32,36-37H,4,9-15,18H2,(H,33,38);3*1H4/t31-,32-,33-;26-,27-,28-;;;/m11.../s1. The second kappa shape index (κ2) is 33.2. The number of nitrogens with one attached hydrogen (secondary N) is 3. The van der Waals surface area contributed by atoms with Crippen LogP contribution in [0.5, 0.6) is 0 Å². The van der Waals surface area contributed by atoms with Crippen molar-refractivity contribution in [1.82, 2.24) is 30.7 Å². The molecular formula is C71H94Cl2N8O10S2. The van der Waals surface area contributed by atoms with Gasteiger partial charge in [-0.15, -0.1) is 22.7 Å². The van der Waals surface area contributed by atoms with Crippen LogP contribution in [0.25, 0.3) is 0 Å². The first-order valence-corrected chi connectivity index (χ1v) is 33.5. The number of ether oxygens (including phenoxy) is 3. The first-order chi connectivity index (χ1) is 43.2. The molecule has 0 saturated carbocycles. The third-order valence-corrected chi connectivity index (χ3v) is 19.5. The highest BCUT2D eigenvalue weighted by molar-refractivity contribution is 7.10. The number of rotatable bonds is 17. The maximum atomic E-state index is 14.2. The molecule has 6 atom stereocenters. The van der Waals surface area contributed by atoms with Gasteiger partial charge in [0.2, 0.25) is 0 Å². The minimum absolute atomic E-state index is 0. The number of anilines is 2. The molecule has 5 fully saturated rings. The largest absolute Gasteiger partial charge is 0.444 e. The van der Waals surface area contributed by atoms with Gasteiger partial charge in [0.15, 0.2) is 30.2 Å². The Kier molecular flexibility index (Phi) is 26.3. The average Bonchev–Trinajstić information content (AvgIpc) is 1.67. The molecule has 0 aliphatic carbocycles. The zero-order chi connectivity index (χ0) is 63.7. The Morgan fingerprint density at radius 3 is 1.67 bits per heavy atom. The number of likely N-dealkylation sites (tertiary alicyclic amines) is 2. The summed E-state index contributed by atoms with van der Waals surface area (Å²) >= 11 is 15.7. The third-order valence-electron chi connectivity index (χ3n) is 16.8. The van der Waals surface area contributed by atoms with Crippen molar-refractivity contribution in [3.05, 3.63) is 173 Å². The molecule has 5 N–H and O–H groups in total. The topological polar surface area (TPSA) is 206 Å². The molecule has 6 aromatic rings. The summed E-state index contributed by atoms with van der Waals surface area (Å²) in [5.41, 5.74) is 7.92. The molecule has 5 aliphatic heterocycles. The molecule has 4 aromatic carbocycles. The highest BCUT2D eigenvalue weighted by atomic mass is 35.5. The van der Waals surface area contributed by atoms with Gasteiger partial charge in [-0.3, -0.25) is 19.2 Å². The van der Waals surface area contributed by atoms with Crippen molar-refractivity contribution in [2.45, 2.75) is 156 Å². The SMILES string of the molecule is C.C.C.CC(C)(C)OC(=O)N1CCN(c2cccc([C@H]3CCCN3C(=O)[C@@H]3OC(C)(C)O[C@H]3C(=O)NCc3cc(Cc4ccccc4Cl)cs3)c2)CC1.O=C(NCc1cc(Cc2ccccc2Cl)cs1)[C@H](O)[C@@H](O)C(=O)N1CCC[C@@H]1c1cccc(N2CCNCC2)c1. The molecule has 7 heterocycles. The summed E-state index contributed by atoms with van der Waals surface area (Å²) in [4.78, 5) is 77.9. The smallest absolute Gasteiger partial charge is 0.410 e. The number of piperazine rings is 2. The van der Waals surface area contributed by atoms with E-state index in [0.29, 0.717) is 63.7 Å². The Labute approximate surface area is 567 Å². The highest BCUT2D eigenvalue weighted by Crippen LogP contribution is 2.39. The maximum Gasteiger partial charge on any atom is 0.410 e. The molecule has 11 rings (SSSR count). The van der Waals surface area contributed by atoms with E-state index < -0.39 is 47.6 Å². The molecule has 0 unspecified atom stereocenters.